The van der Waals surface area contributed by atoms with Gasteiger partial charge in [-0.15, -0.1) is 0 Å². The molecule has 0 fully saturated rings. The van der Waals surface area contributed by atoms with E-state index >= 15 is 0 Å². The molecule has 0 aliphatic carbocycles. The van der Waals surface area contributed by atoms with E-state index in [-0.39, 0.29) is 17.8 Å². The van der Waals surface area contributed by atoms with Crippen molar-refractivity contribution in [3.63, 3.8) is 0 Å². The minimum atomic E-state index is -0.753. The third-order valence-electron chi connectivity index (χ3n) is 4.82. The summed E-state index contributed by atoms with van der Waals surface area (Å²) >= 11 is 0. The van der Waals surface area contributed by atoms with E-state index in [2.05, 4.69) is 4.98 Å². The fourth-order valence-electron chi connectivity index (χ4n) is 3.56. The molecule has 1 aliphatic heterocycles. The largest absolute Gasteiger partial charge is 0.503 e. The summed E-state index contributed by atoms with van der Waals surface area (Å²) in [6.07, 6.45) is 1.81. The Balaban J connectivity index is 1.96. The number of hydrogen-bond acceptors (Lipinski definition) is 4. The SMILES string of the molecule is CCC(=O)C1=C(O)C(=O)N(c2cccc3ccccc23)C1c1ccccn1. The average molecular weight is 358 g/mol. The first-order valence-corrected chi connectivity index (χ1v) is 8.82. The summed E-state index contributed by atoms with van der Waals surface area (Å²) in [6, 6.07) is 17.9. The van der Waals surface area contributed by atoms with E-state index in [0.29, 0.717) is 11.4 Å². The molecule has 5 nitrogen and oxygen atoms in total. The van der Waals surface area contributed by atoms with Crippen LogP contribution in [-0.4, -0.2) is 21.8 Å². The molecule has 1 atom stereocenters. The number of fused-ring (bicyclic) bond motifs is 1. The highest BCUT2D eigenvalue weighted by molar-refractivity contribution is 6.18. The van der Waals surface area contributed by atoms with Crippen molar-refractivity contribution in [2.45, 2.75) is 19.4 Å². The van der Waals surface area contributed by atoms with Crippen molar-refractivity contribution in [2.75, 3.05) is 4.90 Å². The van der Waals surface area contributed by atoms with Gasteiger partial charge in [0.05, 0.1) is 17.0 Å². The van der Waals surface area contributed by atoms with Crippen LogP contribution in [-0.2, 0) is 9.59 Å². The Morgan fingerprint density at radius 3 is 2.56 bits per heavy atom. The normalized spacial score (nSPS) is 17.0. The van der Waals surface area contributed by atoms with Crippen molar-refractivity contribution < 1.29 is 14.7 Å². The first kappa shape index (κ1) is 17.0. The van der Waals surface area contributed by atoms with Gasteiger partial charge in [-0.2, -0.15) is 0 Å². The molecule has 0 spiro atoms. The summed E-state index contributed by atoms with van der Waals surface area (Å²) in [5.74, 6) is -1.34. The van der Waals surface area contributed by atoms with Crippen LogP contribution >= 0.6 is 0 Å². The van der Waals surface area contributed by atoms with Crippen molar-refractivity contribution in [3.05, 3.63) is 83.9 Å². The van der Waals surface area contributed by atoms with E-state index in [1.165, 1.54) is 4.90 Å². The van der Waals surface area contributed by atoms with Gasteiger partial charge in [0.15, 0.2) is 11.5 Å². The topological polar surface area (TPSA) is 70.5 Å². The van der Waals surface area contributed by atoms with E-state index in [0.717, 1.165) is 10.8 Å². The lowest BCUT2D eigenvalue weighted by Gasteiger charge is -2.27. The van der Waals surface area contributed by atoms with Crippen molar-refractivity contribution >= 4 is 28.2 Å². The van der Waals surface area contributed by atoms with Crippen LogP contribution in [0.5, 0.6) is 0 Å². The van der Waals surface area contributed by atoms with E-state index in [1.54, 1.807) is 31.3 Å². The minimum absolute atomic E-state index is 0.106. The van der Waals surface area contributed by atoms with E-state index < -0.39 is 17.7 Å². The molecule has 5 heteroatoms. The van der Waals surface area contributed by atoms with Crippen LogP contribution < -0.4 is 4.90 Å². The van der Waals surface area contributed by atoms with Crippen LogP contribution in [0, 0.1) is 0 Å². The van der Waals surface area contributed by atoms with Gasteiger partial charge in [0, 0.05) is 18.0 Å². The number of ketones is 1. The van der Waals surface area contributed by atoms with Crippen molar-refractivity contribution in [1.82, 2.24) is 4.98 Å². The quantitative estimate of drug-likeness (QED) is 0.762. The maximum Gasteiger partial charge on any atom is 0.294 e. The number of pyridine rings is 1. The molecule has 2 aromatic carbocycles. The second kappa shape index (κ2) is 6.68. The molecule has 0 saturated carbocycles. The summed E-state index contributed by atoms with van der Waals surface area (Å²) in [5.41, 5.74) is 1.29. The second-order valence-electron chi connectivity index (χ2n) is 6.37. The van der Waals surface area contributed by atoms with Crippen molar-refractivity contribution in [2.24, 2.45) is 0 Å². The minimum Gasteiger partial charge on any atom is -0.503 e. The predicted octanol–water partition coefficient (Wildman–Crippen LogP) is 4.11. The third kappa shape index (κ3) is 2.68. The molecular formula is C22H18N2O3. The molecule has 4 rings (SSSR count). The smallest absolute Gasteiger partial charge is 0.294 e. The number of carbonyl (C=O) groups is 2. The molecule has 1 N–H and O–H groups in total. The van der Waals surface area contributed by atoms with Crippen molar-refractivity contribution in [3.8, 4) is 0 Å². The number of benzene rings is 2. The second-order valence-corrected chi connectivity index (χ2v) is 6.37. The van der Waals surface area contributed by atoms with Crippen LogP contribution in [0.2, 0.25) is 0 Å². The fraction of sp³-hybridized carbons (Fsp3) is 0.136. The number of amides is 1. The molecule has 0 radical (unpaired) electrons. The van der Waals surface area contributed by atoms with Gasteiger partial charge in [0.1, 0.15) is 6.04 Å². The van der Waals surface area contributed by atoms with Gasteiger partial charge in [-0.25, -0.2) is 0 Å². The Morgan fingerprint density at radius 2 is 1.81 bits per heavy atom. The number of Topliss-reactive ketones (excluding diaryl/α,β-unsaturated/α-hetero) is 1. The van der Waals surface area contributed by atoms with Crippen LogP contribution in [0.1, 0.15) is 25.1 Å². The molecule has 0 saturated heterocycles. The van der Waals surface area contributed by atoms with Gasteiger partial charge in [-0.3, -0.25) is 19.5 Å². The number of aliphatic hydroxyl groups excluding tert-OH is 1. The number of aromatic nitrogens is 1. The Hall–Kier alpha value is -3.47. The van der Waals surface area contributed by atoms with Crippen LogP contribution in [0.4, 0.5) is 5.69 Å². The Labute approximate surface area is 156 Å². The summed E-state index contributed by atoms with van der Waals surface area (Å²) in [7, 11) is 0. The van der Waals surface area contributed by atoms with E-state index in [9.17, 15) is 14.7 Å². The third-order valence-corrected chi connectivity index (χ3v) is 4.82. The number of carbonyl (C=O) groups excluding carboxylic acids is 2. The monoisotopic (exact) mass is 358 g/mol. The predicted molar refractivity (Wildman–Crippen MR) is 103 cm³/mol. The van der Waals surface area contributed by atoms with Crippen LogP contribution in [0.25, 0.3) is 10.8 Å². The Bertz CT molecular complexity index is 1070. The molecule has 2 heterocycles. The Kier molecular flexibility index (Phi) is 4.20. The highest BCUT2D eigenvalue weighted by Gasteiger charge is 2.44. The van der Waals surface area contributed by atoms with Gasteiger partial charge in [-0.05, 0) is 23.6 Å². The van der Waals surface area contributed by atoms with Crippen molar-refractivity contribution in [1.29, 1.82) is 0 Å². The Morgan fingerprint density at radius 1 is 1.07 bits per heavy atom. The lowest BCUT2D eigenvalue weighted by Crippen LogP contribution is -2.31. The number of nitrogens with zero attached hydrogens (tertiary/aromatic N) is 2. The number of anilines is 1. The summed E-state index contributed by atoms with van der Waals surface area (Å²) in [4.78, 5) is 31.4. The van der Waals surface area contributed by atoms with Gasteiger partial charge in [0.2, 0.25) is 0 Å². The van der Waals surface area contributed by atoms with E-state index in [4.69, 9.17) is 0 Å². The molecule has 1 unspecified atom stereocenters. The number of aliphatic hydroxyl groups is 1. The highest BCUT2D eigenvalue weighted by atomic mass is 16.3. The van der Waals surface area contributed by atoms with Gasteiger partial charge in [-0.1, -0.05) is 49.4 Å². The van der Waals surface area contributed by atoms with E-state index in [1.807, 2.05) is 42.5 Å². The number of hydrogen-bond donors (Lipinski definition) is 1. The first-order valence-electron chi connectivity index (χ1n) is 8.82. The molecular weight excluding hydrogens is 340 g/mol. The summed E-state index contributed by atoms with van der Waals surface area (Å²) in [6.45, 7) is 1.71. The fourth-order valence-corrected chi connectivity index (χ4v) is 3.56. The molecule has 0 bridgehead atoms. The number of rotatable bonds is 4. The molecule has 1 aliphatic rings. The lowest BCUT2D eigenvalue weighted by atomic mass is 9.97. The molecule has 1 amide bonds. The summed E-state index contributed by atoms with van der Waals surface area (Å²) in [5, 5.41) is 12.4. The van der Waals surface area contributed by atoms with Gasteiger partial charge >= 0.3 is 0 Å². The van der Waals surface area contributed by atoms with Gasteiger partial charge < -0.3 is 5.11 Å². The molecule has 134 valence electrons. The molecule has 27 heavy (non-hydrogen) atoms. The maximum atomic E-state index is 13.0. The highest BCUT2D eigenvalue weighted by Crippen LogP contribution is 2.42. The van der Waals surface area contributed by atoms with Crippen LogP contribution in [0.15, 0.2) is 78.2 Å². The first-order chi connectivity index (χ1) is 13.1. The average Bonchev–Trinajstić information content (AvgIpc) is 2.98. The maximum absolute atomic E-state index is 13.0. The standard InChI is InChI=1S/C22H18N2O3/c1-2-18(25)19-20(16-11-5-6-13-23-16)24(22(27)21(19)26)17-12-7-9-14-8-3-4-10-15(14)17/h3-13,20,26H,2H2,1H3. The molecule has 3 aromatic rings. The molecule has 1 aromatic heterocycles. The zero-order valence-corrected chi connectivity index (χ0v) is 14.8. The summed E-state index contributed by atoms with van der Waals surface area (Å²) < 4.78 is 0. The van der Waals surface area contributed by atoms with Gasteiger partial charge in [0.25, 0.3) is 5.91 Å². The zero-order chi connectivity index (χ0) is 19.0. The zero-order valence-electron chi connectivity index (χ0n) is 14.8. The lowest BCUT2D eigenvalue weighted by molar-refractivity contribution is -0.118. The van der Waals surface area contributed by atoms with Crippen LogP contribution in [0.3, 0.4) is 0 Å².